The number of hydrogen-bond donors (Lipinski definition) is 2. The molecule has 0 amide bonds. The maximum absolute atomic E-state index is 12.1. The van der Waals surface area contributed by atoms with Crippen LogP contribution in [0.4, 0.5) is 0 Å². The normalized spacial score (nSPS) is 11.8. The highest BCUT2D eigenvalue weighted by Crippen LogP contribution is 2.28. The topological polar surface area (TPSA) is 72.2 Å². The minimum Gasteiger partial charge on any atom is -0.326 e. The molecule has 108 valence electrons. The Morgan fingerprint density at radius 1 is 1.21 bits per heavy atom. The molecule has 4 nitrogen and oxygen atoms in total. The van der Waals surface area contributed by atoms with Crippen molar-refractivity contribution in [1.29, 1.82) is 0 Å². The van der Waals surface area contributed by atoms with E-state index in [1.807, 2.05) is 0 Å². The zero-order chi connectivity index (χ0) is 14.5. The zero-order valence-corrected chi connectivity index (χ0v) is 13.1. The van der Waals surface area contributed by atoms with E-state index in [0.29, 0.717) is 17.1 Å². The third-order valence-corrected chi connectivity index (χ3v) is 4.96. The van der Waals surface area contributed by atoms with E-state index in [0.717, 1.165) is 19.3 Å². The molecule has 0 heterocycles. The van der Waals surface area contributed by atoms with Gasteiger partial charge in [-0.3, -0.25) is 0 Å². The first kappa shape index (κ1) is 16.7. The van der Waals surface area contributed by atoms with E-state index >= 15 is 0 Å². The van der Waals surface area contributed by atoms with Crippen molar-refractivity contribution < 1.29 is 8.42 Å². The molecule has 19 heavy (non-hydrogen) atoms. The molecular weight excluding hydrogens is 307 g/mol. The van der Waals surface area contributed by atoms with E-state index in [4.69, 9.17) is 28.9 Å². The van der Waals surface area contributed by atoms with Crippen LogP contribution in [0, 0.1) is 0 Å². The standard InChI is InChI=1S/C12H18Cl2N2O2S/c1-2-3-4-5-16-19(17,18)12-6-9(8-15)10(13)7-11(12)14/h6-7,16H,2-5,8,15H2,1H3. The minimum atomic E-state index is -3.62. The lowest BCUT2D eigenvalue weighted by molar-refractivity contribution is 0.576. The molecule has 0 aromatic heterocycles. The number of unbranched alkanes of at least 4 members (excludes halogenated alkanes) is 2. The molecule has 0 unspecified atom stereocenters. The highest BCUT2D eigenvalue weighted by atomic mass is 35.5. The van der Waals surface area contributed by atoms with Gasteiger partial charge in [0.15, 0.2) is 0 Å². The summed E-state index contributed by atoms with van der Waals surface area (Å²) < 4.78 is 26.8. The van der Waals surface area contributed by atoms with E-state index in [1.54, 1.807) is 0 Å². The summed E-state index contributed by atoms with van der Waals surface area (Å²) in [6.45, 7) is 2.61. The molecular formula is C12H18Cl2N2O2S. The van der Waals surface area contributed by atoms with E-state index in [-0.39, 0.29) is 16.5 Å². The van der Waals surface area contributed by atoms with E-state index in [1.165, 1.54) is 12.1 Å². The quantitative estimate of drug-likeness (QED) is 0.757. The second-order valence-electron chi connectivity index (χ2n) is 4.18. The fraction of sp³-hybridized carbons (Fsp3) is 0.500. The van der Waals surface area contributed by atoms with Crippen molar-refractivity contribution in [3.63, 3.8) is 0 Å². The smallest absolute Gasteiger partial charge is 0.242 e. The van der Waals surface area contributed by atoms with Crippen LogP contribution in [0.5, 0.6) is 0 Å². The van der Waals surface area contributed by atoms with Gasteiger partial charge in [-0.1, -0.05) is 43.0 Å². The number of hydrogen-bond acceptors (Lipinski definition) is 3. The summed E-state index contributed by atoms with van der Waals surface area (Å²) in [6.07, 6.45) is 2.80. The van der Waals surface area contributed by atoms with Crippen molar-refractivity contribution in [1.82, 2.24) is 4.72 Å². The van der Waals surface area contributed by atoms with Crippen LogP contribution in [-0.2, 0) is 16.6 Å². The van der Waals surface area contributed by atoms with Gasteiger partial charge in [-0.05, 0) is 24.1 Å². The largest absolute Gasteiger partial charge is 0.326 e. The number of benzene rings is 1. The molecule has 1 aromatic carbocycles. The van der Waals surface area contributed by atoms with Crippen LogP contribution in [0.25, 0.3) is 0 Å². The fourth-order valence-electron chi connectivity index (χ4n) is 1.59. The van der Waals surface area contributed by atoms with E-state index in [2.05, 4.69) is 11.6 Å². The van der Waals surface area contributed by atoms with Gasteiger partial charge < -0.3 is 5.73 Å². The van der Waals surface area contributed by atoms with Crippen LogP contribution in [0.15, 0.2) is 17.0 Å². The predicted octanol–water partition coefficient (Wildman–Crippen LogP) is 2.92. The van der Waals surface area contributed by atoms with Crippen molar-refractivity contribution in [2.75, 3.05) is 6.54 Å². The molecule has 3 N–H and O–H groups in total. The highest BCUT2D eigenvalue weighted by Gasteiger charge is 2.19. The molecule has 0 aliphatic rings. The second kappa shape index (κ2) is 7.45. The van der Waals surface area contributed by atoms with Crippen LogP contribution < -0.4 is 10.5 Å². The van der Waals surface area contributed by atoms with Crippen LogP contribution in [0.3, 0.4) is 0 Å². The first-order valence-electron chi connectivity index (χ1n) is 6.10. The number of sulfonamides is 1. The third-order valence-electron chi connectivity index (χ3n) is 2.68. The molecule has 0 radical (unpaired) electrons. The molecule has 0 saturated carbocycles. The maximum atomic E-state index is 12.1. The average molecular weight is 325 g/mol. The van der Waals surface area contributed by atoms with Gasteiger partial charge in [0.1, 0.15) is 4.90 Å². The van der Waals surface area contributed by atoms with Gasteiger partial charge in [0, 0.05) is 18.1 Å². The van der Waals surface area contributed by atoms with E-state index < -0.39 is 10.0 Å². The Bertz CT molecular complexity index is 533. The highest BCUT2D eigenvalue weighted by molar-refractivity contribution is 7.89. The van der Waals surface area contributed by atoms with Gasteiger partial charge in [0.25, 0.3) is 0 Å². The van der Waals surface area contributed by atoms with Crippen molar-refractivity contribution in [3.05, 3.63) is 27.7 Å². The Balaban J connectivity index is 2.94. The molecule has 1 rings (SSSR count). The number of halogens is 2. The zero-order valence-electron chi connectivity index (χ0n) is 10.7. The SMILES string of the molecule is CCCCCNS(=O)(=O)c1cc(CN)c(Cl)cc1Cl. The van der Waals surface area contributed by atoms with Crippen molar-refractivity contribution in [2.24, 2.45) is 5.73 Å². The molecule has 0 atom stereocenters. The Morgan fingerprint density at radius 3 is 2.47 bits per heavy atom. The molecule has 1 aromatic rings. The predicted molar refractivity (Wildman–Crippen MR) is 79.1 cm³/mol. The van der Waals surface area contributed by atoms with Crippen LogP contribution >= 0.6 is 23.2 Å². The van der Waals surface area contributed by atoms with Crippen LogP contribution in [0.1, 0.15) is 31.7 Å². The first-order chi connectivity index (χ1) is 8.92. The summed E-state index contributed by atoms with van der Waals surface area (Å²) in [7, 11) is -3.62. The van der Waals surface area contributed by atoms with Gasteiger partial charge in [-0.25, -0.2) is 13.1 Å². The van der Waals surface area contributed by atoms with Gasteiger partial charge >= 0.3 is 0 Å². The van der Waals surface area contributed by atoms with Crippen LogP contribution in [0.2, 0.25) is 10.0 Å². The number of nitrogens with two attached hydrogens (primary N) is 1. The summed E-state index contributed by atoms with van der Waals surface area (Å²) in [5.41, 5.74) is 6.07. The molecule has 0 fully saturated rings. The molecule has 7 heteroatoms. The summed E-state index contributed by atoms with van der Waals surface area (Å²) in [4.78, 5) is 0.0236. The second-order valence-corrected chi connectivity index (χ2v) is 6.73. The van der Waals surface area contributed by atoms with Crippen LogP contribution in [-0.4, -0.2) is 15.0 Å². The molecule has 0 saturated heterocycles. The Labute approximate surface area is 124 Å². The molecule has 0 aliphatic heterocycles. The van der Waals surface area contributed by atoms with Crippen molar-refractivity contribution >= 4 is 33.2 Å². The lowest BCUT2D eigenvalue weighted by Crippen LogP contribution is -2.25. The Kier molecular flexibility index (Phi) is 6.56. The van der Waals surface area contributed by atoms with Gasteiger partial charge in [-0.15, -0.1) is 0 Å². The molecule has 0 aliphatic carbocycles. The van der Waals surface area contributed by atoms with Crippen molar-refractivity contribution in [3.8, 4) is 0 Å². The van der Waals surface area contributed by atoms with Gasteiger partial charge in [0.2, 0.25) is 10.0 Å². The summed E-state index contributed by atoms with van der Waals surface area (Å²) >= 11 is 11.9. The Hall–Kier alpha value is -0.330. The summed E-state index contributed by atoms with van der Waals surface area (Å²) in [5, 5.41) is 0.475. The fourth-order valence-corrected chi connectivity index (χ4v) is 3.54. The van der Waals surface area contributed by atoms with Gasteiger partial charge in [0.05, 0.1) is 5.02 Å². The van der Waals surface area contributed by atoms with E-state index in [9.17, 15) is 8.42 Å². The monoisotopic (exact) mass is 324 g/mol. The third kappa shape index (κ3) is 4.61. The van der Waals surface area contributed by atoms with Gasteiger partial charge in [-0.2, -0.15) is 0 Å². The molecule has 0 spiro atoms. The lowest BCUT2D eigenvalue weighted by atomic mass is 10.2. The average Bonchev–Trinajstić information content (AvgIpc) is 2.34. The Morgan fingerprint density at radius 2 is 1.89 bits per heavy atom. The molecule has 0 bridgehead atoms. The number of rotatable bonds is 7. The summed E-state index contributed by atoms with van der Waals surface area (Å²) in [5.74, 6) is 0. The summed E-state index contributed by atoms with van der Waals surface area (Å²) in [6, 6.07) is 2.83. The number of nitrogens with one attached hydrogen (secondary N) is 1. The maximum Gasteiger partial charge on any atom is 0.242 e. The van der Waals surface area contributed by atoms with Crippen molar-refractivity contribution in [2.45, 2.75) is 37.6 Å². The first-order valence-corrected chi connectivity index (χ1v) is 8.34. The lowest BCUT2D eigenvalue weighted by Gasteiger charge is -2.10. The minimum absolute atomic E-state index is 0.0236.